The molecule has 0 radical (unpaired) electrons. The monoisotopic (exact) mass is 200 g/mol. The minimum Gasteiger partial charge on any atom is -0.322 e. The van der Waals surface area contributed by atoms with Crippen molar-refractivity contribution < 1.29 is 0 Å². The van der Waals surface area contributed by atoms with Gasteiger partial charge in [-0.1, -0.05) is 0 Å². The molecule has 2 atom stereocenters. The van der Waals surface area contributed by atoms with E-state index in [1.165, 1.54) is 0 Å². The third-order valence-corrected chi connectivity index (χ3v) is 2.71. The summed E-state index contributed by atoms with van der Waals surface area (Å²) in [5.74, 6) is 1.84. The number of rotatable bonds is 1. The molecule has 0 saturated heterocycles. The van der Waals surface area contributed by atoms with E-state index in [1.54, 1.807) is 0 Å². The summed E-state index contributed by atoms with van der Waals surface area (Å²) in [6.07, 6.45) is 1.79. The molecule has 1 aromatic heterocycles. The van der Waals surface area contributed by atoms with E-state index in [0.29, 0.717) is 0 Å². The van der Waals surface area contributed by atoms with Gasteiger partial charge in [-0.3, -0.25) is 0 Å². The SMILES string of the molecule is CC(N)c1nnc2n1CCC(Cl)C2. The molecule has 1 aliphatic heterocycles. The Bertz CT molecular complexity index is 307. The molecule has 0 spiro atoms. The molecule has 2 rings (SSSR count). The molecule has 0 aliphatic carbocycles. The van der Waals surface area contributed by atoms with Crippen LogP contribution < -0.4 is 5.73 Å². The average molecular weight is 201 g/mol. The van der Waals surface area contributed by atoms with Crippen LogP contribution in [0.2, 0.25) is 0 Å². The van der Waals surface area contributed by atoms with Gasteiger partial charge in [-0.05, 0) is 13.3 Å². The van der Waals surface area contributed by atoms with Gasteiger partial charge < -0.3 is 10.3 Å². The number of fused-ring (bicyclic) bond motifs is 1. The Hall–Kier alpha value is -0.610. The molecular weight excluding hydrogens is 188 g/mol. The van der Waals surface area contributed by atoms with Gasteiger partial charge in [0.2, 0.25) is 0 Å². The Balaban J connectivity index is 2.33. The Morgan fingerprint density at radius 3 is 3.08 bits per heavy atom. The normalized spacial score (nSPS) is 24.1. The van der Waals surface area contributed by atoms with Gasteiger partial charge in [-0.25, -0.2) is 0 Å². The Labute approximate surface area is 82.1 Å². The van der Waals surface area contributed by atoms with Crippen molar-refractivity contribution >= 4 is 11.6 Å². The van der Waals surface area contributed by atoms with Crippen LogP contribution in [0.15, 0.2) is 0 Å². The zero-order valence-electron chi connectivity index (χ0n) is 7.57. The molecule has 0 fully saturated rings. The summed E-state index contributed by atoms with van der Waals surface area (Å²) in [4.78, 5) is 0. The smallest absolute Gasteiger partial charge is 0.149 e. The standard InChI is InChI=1S/C8H13ClN4/c1-5(10)8-12-11-7-4-6(9)2-3-13(7)8/h5-6H,2-4,10H2,1H3. The van der Waals surface area contributed by atoms with E-state index >= 15 is 0 Å². The van der Waals surface area contributed by atoms with Crippen LogP contribution in [0, 0.1) is 0 Å². The second-order valence-corrected chi connectivity index (χ2v) is 4.12. The molecule has 0 amide bonds. The van der Waals surface area contributed by atoms with E-state index < -0.39 is 0 Å². The number of alkyl halides is 1. The van der Waals surface area contributed by atoms with Crippen LogP contribution in [0.5, 0.6) is 0 Å². The molecule has 2 heterocycles. The van der Waals surface area contributed by atoms with Gasteiger partial charge in [0.25, 0.3) is 0 Å². The first-order valence-corrected chi connectivity index (χ1v) is 4.93. The fourth-order valence-electron chi connectivity index (χ4n) is 1.65. The lowest BCUT2D eigenvalue weighted by Crippen LogP contribution is -2.23. The highest BCUT2D eigenvalue weighted by atomic mass is 35.5. The van der Waals surface area contributed by atoms with Crippen LogP contribution in [0.4, 0.5) is 0 Å². The zero-order valence-corrected chi connectivity index (χ0v) is 8.33. The molecule has 2 unspecified atom stereocenters. The van der Waals surface area contributed by atoms with Gasteiger partial charge in [0, 0.05) is 18.3 Å². The second kappa shape index (κ2) is 3.27. The summed E-state index contributed by atoms with van der Waals surface area (Å²) in [7, 11) is 0. The highest BCUT2D eigenvalue weighted by Crippen LogP contribution is 2.20. The largest absolute Gasteiger partial charge is 0.322 e. The maximum Gasteiger partial charge on any atom is 0.149 e. The van der Waals surface area contributed by atoms with Gasteiger partial charge in [0.1, 0.15) is 11.6 Å². The summed E-state index contributed by atoms with van der Waals surface area (Å²) < 4.78 is 2.09. The molecule has 72 valence electrons. The molecule has 4 nitrogen and oxygen atoms in total. The maximum absolute atomic E-state index is 6.02. The van der Waals surface area contributed by atoms with E-state index in [1.807, 2.05) is 6.92 Å². The van der Waals surface area contributed by atoms with E-state index in [-0.39, 0.29) is 11.4 Å². The Kier molecular flexibility index (Phi) is 2.26. The molecular formula is C8H13ClN4. The van der Waals surface area contributed by atoms with Crippen LogP contribution >= 0.6 is 11.6 Å². The van der Waals surface area contributed by atoms with Gasteiger partial charge in [0.05, 0.1) is 6.04 Å². The molecule has 0 aromatic carbocycles. The predicted octanol–water partition coefficient (Wildman–Crippen LogP) is 0.851. The van der Waals surface area contributed by atoms with Gasteiger partial charge in [-0.15, -0.1) is 21.8 Å². The van der Waals surface area contributed by atoms with Crippen molar-refractivity contribution in [3.05, 3.63) is 11.6 Å². The van der Waals surface area contributed by atoms with Crippen LogP contribution in [-0.4, -0.2) is 20.1 Å². The summed E-state index contributed by atoms with van der Waals surface area (Å²) in [6.45, 7) is 2.82. The minimum absolute atomic E-state index is 0.0480. The van der Waals surface area contributed by atoms with Crippen molar-refractivity contribution in [1.82, 2.24) is 14.8 Å². The average Bonchev–Trinajstić information content (AvgIpc) is 2.46. The fraction of sp³-hybridized carbons (Fsp3) is 0.750. The summed E-state index contributed by atoms with van der Waals surface area (Å²) in [5.41, 5.74) is 5.76. The molecule has 1 aromatic rings. The highest BCUT2D eigenvalue weighted by molar-refractivity contribution is 6.20. The van der Waals surface area contributed by atoms with Crippen molar-refractivity contribution in [2.24, 2.45) is 5.73 Å². The third kappa shape index (κ3) is 1.56. The van der Waals surface area contributed by atoms with Gasteiger partial charge in [0.15, 0.2) is 0 Å². The predicted molar refractivity (Wildman–Crippen MR) is 50.6 cm³/mol. The molecule has 2 N–H and O–H groups in total. The fourth-order valence-corrected chi connectivity index (χ4v) is 1.89. The lowest BCUT2D eigenvalue weighted by Gasteiger charge is -2.19. The molecule has 1 aliphatic rings. The molecule has 5 heteroatoms. The Morgan fingerprint density at radius 1 is 1.62 bits per heavy atom. The van der Waals surface area contributed by atoms with Crippen LogP contribution in [0.3, 0.4) is 0 Å². The summed E-state index contributed by atoms with van der Waals surface area (Å²) in [6, 6.07) is -0.0480. The lowest BCUT2D eigenvalue weighted by atomic mass is 10.1. The number of nitrogens with zero attached hydrogens (tertiary/aromatic N) is 3. The molecule has 0 saturated carbocycles. The van der Waals surface area contributed by atoms with Crippen LogP contribution in [0.1, 0.15) is 31.0 Å². The maximum atomic E-state index is 6.02. The summed E-state index contributed by atoms with van der Waals surface area (Å²) >= 11 is 6.02. The highest BCUT2D eigenvalue weighted by Gasteiger charge is 2.22. The van der Waals surface area contributed by atoms with E-state index in [0.717, 1.165) is 31.0 Å². The second-order valence-electron chi connectivity index (χ2n) is 3.50. The first-order chi connectivity index (χ1) is 6.18. The van der Waals surface area contributed by atoms with Gasteiger partial charge >= 0.3 is 0 Å². The lowest BCUT2D eigenvalue weighted by molar-refractivity contribution is 0.501. The third-order valence-electron chi connectivity index (χ3n) is 2.33. The first-order valence-electron chi connectivity index (χ1n) is 4.50. The van der Waals surface area contributed by atoms with Crippen molar-refractivity contribution in [3.8, 4) is 0 Å². The van der Waals surface area contributed by atoms with Crippen LogP contribution in [0.25, 0.3) is 0 Å². The van der Waals surface area contributed by atoms with Crippen molar-refractivity contribution in [3.63, 3.8) is 0 Å². The minimum atomic E-state index is -0.0480. The van der Waals surface area contributed by atoms with Crippen LogP contribution in [-0.2, 0) is 13.0 Å². The van der Waals surface area contributed by atoms with Crippen molar-refractivity contribution in [1.29, 1.82) is 0 Å². The van der Waals surface area contributed by atoms with Gasteiger partial charge in [-0.2, -0.15) is 0 Å². The first kappa shape index (κ1) is 8.97. The van der Waals surface area contributed by atoms with Crippen molar-refractivity contribution in [2.75, 3.05) is 0 Å². The number of hydrogen-bond donors (Lipinski definition) is 1. The number of nitrogens with two attached hydrogens (primary N) is 1. The van der Waals surface area contributed by atoms with Crippen molar-refractivity contribution in [2.45, 2.75) is 37.7 Å². The van der Waals surface area contributed by atoms with E-state index in [4.69, 9.17) is 17.3 Å². The van der Waals surface area contributed by atoms with E-state index in [9.17, 15) is 0 Å². The Morgan fingerprint density at radius 2 is 2.38 bits per heavy atom. The number of aromatic nitrogens is 3. The summed E-state index contributed by atoms with van der Waals surface area (Å²) in [5, 5.41) is 8.34. The zero-order chi connectivity index (χ0) is 9.42. The van der Waals surface area contributed by atoms with E-state index in [2.05, 4.69) is 14.8 Å². The number of halogens is 1. The molecule has 13 heavy (non-hydrogen) atoms. The molecule has 0 bridgehead atoms. The quantitative estimate of drug-likeness (QED) is 0.684. The topological polar surface area (TPSA) is 56.7 Å². The number of hydrogen-bond acceptors (Lipinski definition) is 3.